The molecule has 3 amide bonds. The Balaban J connectivity index is 2.02. The van der Waals surface area contributed by atoms with E-state index in [0.29, 0.717) is 5.56 Å². The number of carbonyl (C=O) groups is 3. The van der Waals surface area contributed by atoms with E-state index in [-0.39, 0.29) is 25.4 Å². The van der Waals surface area contributed by atoms with Gasteiger partial charge in [-0.25, -0.2) is 4.79 Å². The number of primary amides is 1. The number of alkyl halides is 3. The molecule has 10 heteroatoms. The van der Waals surface area contributed by atoms with Crippen LogP contribution < -0.4 is 16.4 Å². The van der Waals surface area contributed by atoms with Gasteiger partial charge in [0, 0.05) is 6.42 Å². The minimum Gasteiger partial charge on any atom is -0.445 e. The number of benzene rings is 2. The highest BCUT2D eigenvalue weighted by molar-refractivity contribution is 5.90. The van der Waals surface area contributed by atoms with Crippen LogP contribution in [0.1, 0.15) is 37.0 Å². The van der Waals surface area contributed by atoms with E-state index in [0.717, 1.165) is 17.7 Å². The zero-order chi connectivity index (χ0) is 25.3. The summed E-state index contributed by atoms with van der Waals surface area (Å²) >= 11 is 0. The van der Waals surface area contributed by atoms with Gasteiger partial charge in [0.25, 0.3) is 0 Å². The molecule has 0 radical (unpaired) electrons. The van der Waals surface area contributed by atoms with E-state index in [2.05, 4.69) is 10.6 Å². The molecule has 2 aromatic carbocycles. The van der Waals surface area contributed by atoms with Gasteiger partial charge in [-0.3, -0.25) is 9.59 Å². The SMILES string of the molecule is CC(C)C[C@H](NC(=O)OCc1ccccc1)C(=O)N[C@H](Cc1ccc(C(F)(F)F)cc1)C(N)=O. The Labute approximate surface area is 195 Å². The molecular formula is C24H28F3N3O4. The number of nitrogens with two attached hydrogens (primary N) is 1. The van der Waals surface area contributed by atoms with Crippen LogP contribution >= 0.6 is 0 Å². The monoisotopic (exact) mass is 479 g/mol. The van der Waals surface area contributed by atoms with Crippen LogP contribution in [0.4, 0.5) is 18.0 Å². The van der Waals surface area contributed by atoms with Crippen LogP contribution in [0.15, 0.2) is 54.6 Å². The molecule has 0 saturated heterocycles. The molecular weight excluding hydrogens is 451 g/mol. The fourth-order valence-corrected chi connectivity index (χ4v) is 3.17. The molecule has 4 N–H and O–H groups in total. The molecule has 7 nitrogen and oxygen atoms in total. The molecule has 184 valence electrons. The van der Waals surface area contributed by atoms with Crippen molar-refractivity contribution in [3.63, 3.8) is 0 Å². The quantitative estimate of drug-likeness (QED) is 0.484. The summed E-state index contributed by atoms with van der Waals surface area (Å²) in [7, 11) is 0. The smallest absolute Gasteiger partial charge is 0.416 e. The Morgan fingerprint density at radius 2 is 1.53 bits per heavy atom. The molecule has 0 unspecified atom stereocenters. The third-order valence-corrected chi connectivity index (χ3v) is 4.91. The van der Waals surface area contributed by atoms with Gasteiger partial charge in [0.1, 0.15) is 18.7 Å². The van der Waals surface area contributed by atoms with Gasteiger partial charge in [-0.1, -0.05) is 56.3 Å². The number of hydrogen-bond acceptors (Lipinski definition) is 4. The lowest BCUT2D eigenvalue weighted by Gasteiger charge is -2.23. The highest BCUT2D eigenvalue weighted by atomic mass is 19.4. The largest absolute Gasteiger partial charge is 0.445 e. The van der Waals surface area contributed by atoms with Gasteiger partial charge in [0.05, 0.1) is 5.56 Å². The van der Waals surface area contributed by atoms with Crippen molar-refractivity contribution < 1.29 is 32.3 Å². The van der Waals surface area contributed by atoms with Crippen molar-refractivity contribution in [1.29, 1.82) is 0 Å². The lowest BCUT2D eigenvalue weighted by Crippen LogP contribution is -2.54. The molecule has 2 aromatic rings. The van der Waals surface area contributed by atoms with Crippen molar-refractivity contribution in [1.82, 2.24) is 10.6 Å². The first-order valence-electron chi connectivity index (χ1n) is 10.7. The average molecular weight is 479 g/mol. The molecule has 34 heavy (non-hydrogen) atoms. The van der Waals surface area contributed by atoms with Gasteiger partial charge in [0.2, 0.25) is 11.8 Å². The summed E-state index contributed by atoms with van der Waals surface area (Å²) in [6.07, 6.45) is -5.13. The number of hydrogen-bond donors (Lipinski definition) is 3. The maximum Gasteiger partial charge on any atom is 0.416 e. The van der Waals surface area contributed by atoms with Gasteiger partial charge < -0.3 is 21.1 Å². The molecule has 0 spiro atoms. The molecule has 0 aliphatic heterocycles. The minimum absolute atomic E-state index is 0.0144. The summed E-state index contributed by atoms with van der Waals surface area (Å²) in [6.45, 7) is 3.72. The number of halogens is 3. The van der Waals surface area contributed by atoms with Crippen LogP contribution in [0.3, 0.4) is 0 Å². The van der Waals surface area contributed by atoms with E-state index in [1.165, 1.54) is 12.1 Å². The molecule has 2 atom stereocenters. The number of nitrogens with one attached hydrogen (secondary N) is 2. The average Bonchev–Trinajstić information content (AvgIpc) is 2.77. The summed E-state index contributed by atoms with van der Waals surface area (Å²) in [5.41, 5.74) is 5.73. The Hall–Kier alpha value is -3.56. The summed E-state index contributed by atoms with van der Waals surface area (Å²) in [5, 5.41) is 4.99. The van der Waals surface area contributed by atoms with Crippen molar-refractivity contribution in [3.8, 4) is 0 Å². The molecule has 0 aliphatic rings. The van der Waals surface area contributed by atoms with Crippen molar-refractivity contribution in [2.45, 2.75) is 51.6 Å². The van der Waals surface area contributed by atoms with Crippen molar-refractivity contribution in [2.24, 2.45) is 11.7 Å². The second kappa shape index (κ2) is 12.1. The second-order valence-corrected chi connectivity index (χ2v) is 8.25. The van der Waals surface area contributed by atoms with E-state index < -0.39 is 41.7 Å². The summed E-state index contributed by atoms with van der Waals surface area (Å²) in [5.74, 6) is -1.49. The van der Waals surface area contributed by atoms with Crippen LogP contribution in [-0.2, 0) is 33.5 Å². The molecule has 0 aromatic heterocycles. The maximum atomic E-state index is 12.8. The second-order valence-electron chi connectivity index (χ2n) is 8.25. The first-order chi connectivity index (χ1) is 16.0. The first-order valence-corrected chi connectivity index (χ1v) is 10.7. The predicted octanol–water partition coefficient (Wildman–Crippen LogP) is 3.56. The van der Waals surface area contributed by atoms with Crippen LogP contribution in [-0.4, -0.2) is 30.0 Å². The van der Waals surface area contributed by atoms with E-state index in [9.17, 15) is 27.6 Å². The standard InChI is InChI=1S/C24H28F3N3O4/c1-15(2)12-20(30-23(33)34-14-17-6-4-3-5-7-17)22(32)29-19(21(28)31)13-16-8-10-18(11-9-16)24(25,26)27/h3-11,15,19-20H,12-14H2,1-2H3,(H2,28,31)(H,29,32)(H,30,33)/t19-,20+/m1/s1. The molecule has 0 bridgehead atoms. The molecule has 0 aliphatic carbocycles. The fourth-order valence-electron chi connectivity index (χ4n) is 3.17. The fraction of sp³-hybridized carbons (Fsp3) is 0.375. The maximum absolute atomic E-state index is 12.8. The number of amides is 3. The third-order valence-electron chi connectivity index (χ3n) is 4.91. The zero-order valence-electron chi connectivity index (χ0n) is 18.9. The van der Waals surface area contributed by atoms with Gasteiger partial charge in [-0.05, 0) is 35.6 Å². The topological polar surface area (TPSA) is 111 Å². The van der Waals surface area contributed by atoms with Crippen molar-refractivity contribution in [3.05, 3.63) is 71.3 Å². The van der Waals surface area contributed by atoms with Crippen LogP contribution in [0.25, 0.3) is 0 Å². The Kier molecular flexibility index (Phi) is 9.47. The third kappa shape index (κ3) is 8.76. The molecule has 0 saturated carbocycles. The van der Waals surface area contributed by atoms with E-state index >= 15 is 0 Å². The van der Waals surface area contributed by atoms with Gasteiger partial charge in [-0.15, -0.1) is 0 Å². The van der Waals surface area contributed by atoms with Crippen molar-refractivity contribution in [2.75, 3.05) is 0 Å². The zero-order valence-corrected chi connectivity index (χ0v) is 18.9. The lowest BCUT2D eigenvalue weighted by atomic mass is 10.0. The number of carbonyl (C=O) groups excluding carboxylic acids is 3. The summed E-state index contributed by atoms with van der Waals surface area (Å²) < 4.78 is 43.4. The minimum atomic E-state index is -4.49. The highest BCUT2D eigenvalue weighted by Crippen LogP contribution is 2.29. The first kappa shape index (κ1) is 26.7. The normalized spacial score (nSPS) is 13.1. The Morgan fingerprint density at radius 1 is 0.912 bits per heavy atom. The van der Waals surface area contributed by atoms with Crippen LogP contribution in [0, 0.1) is 5.92 Å². The van der Waals surface area contributed by atoms with Crippen LogP contribution in [0.5, 0.6) is 0 Å². The number of ether oxygens (including phenoxy) is 1. The van der Waals surface area contributed by atoms with E-state index in [4.69, 9.17) is 10.5 Å². The molecule has 0 fully saturated rings. The highest BCUT2D eigenvalue weighted by Gasteiger charge is 2.31. The Morgan fingerprint density at radius 3 is 2.06 bits per heavy atom. The summed E-state index contributed by atoms with van der Waals surface area (Å²) in [6, 6.07) is 11.0. The van der Waals surface area contributed by atoms with Gasteiger partial charge in [-0.2, -0.15) is 13.2 Å². The van der Waals surface area contributed by atoms with E-state index in [1.54, 1.807) is 24.3 Å². The predicted molar refractivity (Wildman–Crippen MR) is 119 cm³/mol. The van der Waals surface area contributed by atoms with Gasteiger partial charge >= 0.3 is 12.3 Å². The molecule has 0 heterocycles. The summed E-state index contributed by atoms with van der Waals surface area (Å²) in [4.78, 5) is 37.0. The number of alkyl carbamates (subject to hydrolysis) is 1. The lowest BCUT2D eigenvalue weighted by molar-refractivity contribution is -0.137. The Bertz CT molecular complexity index is 964. The van der Waals surface area contributed by atoms with E-state index in [1.807, 2.05) is 19.9 Å². The van der Waals surface area contributed by atoms with Gasteiger partial charge in [0.15, 0.2) is 0 Å². The number of rotatable bonds is 10. The molecule has 2 rings (SSSR count). The van der Waals surface area contributed by atoms with Crippen LogP contribution in [0.2, 0.25) is 0 Å². The van der Waals surface area contributed by atoms with Crippen molar-refractivity contribution >= 4 is 17.9 Å².